The maximum absolute atomic E-state index is 13.6. The van der Waals surface area contributed by atoms with Crippen LogP contribution >= 0.6 is 0 Å². The van der Waals surface area contributed by atoms with Crippen LogP contribution in [0.5, 0.6) is 0 Å². The van der Waals surface area contributed by atoms with Crippen LogP contribution in [0.15, 0.2) is 42.5 Å². The molecule has 0 saturated heterocycles. The van der Waals surface area contributed by atoms with E-state index < -0.39 is 23.4 Å². The average molecular weight is 236 g/mol. The van der Waals surface area contributed by atoms with E-state index in [0.717, 1.165) is 6.07 Å². The predicted molar refractivity (Wildman–Crippen MR) is 60.3 cm³/mol. The first-order valence-corrected chi connectivity index (χ1v) is 5.29. The summed E-state index contributed by atoms with van der Waals surface area (Å²) in [6.07, 6.45) is 0. The van der Waals surface area contributed by atoms with Gasteiger partial charge in [-0.1, -0.05) is 37.3 Å². The first-order valence-electron chi connectivity index (χ1n) is 5.29. The van der Waals surface area contributed by atoms with Crippen LogP contribution in [0.1, 0.15) is 24.0 Å². The molecule has 0 spiro atoms. The van der Waals surface area contributed by atoms with Crippen molar-refractivity contribution in [1.29, 1.82) is 0 Å². The molecule has 0 aliphatic carbocycles. The molecule has 0 aliphatic rings. The second kappa shape index (κ2) is 4.62. The minimum absolute atomic E-state index is 0.162. The van der Waals surface area contributed by atoms with Crippen molar-refractivity contribution in [3.8, 4) is 0 Å². The minimum Gasteiger partial charge on any atom is -0.207 e. The smallest absolute Gasteiger partial charge is 0.162 e. The molecule has 0 aliphatic heterocycles. The lowest BCUT2D eigenvalue weighted by atomic mass is 9.92. The fourth-order valence-corrected chi connectivity index (χ4v) is 1.85. The second-order valence-corrected chi connectivity index (χ2v) is 3.89. The Hall–Kier alpha value is -1.77. The summed E-state index contributed by atoms with van der Waals surface area (Å²) >= 11 is 0. The minimum atomic E-state index is -0.914. The highest BCUT2D eigenvalue weighted by Crippen LogP contribution is 2.28. The molecule has 17 heavy (non-hydrogen) atoms. The van der Waals surface area contributed by atoms with E-state index in [1.165, 1.54) is 18.2 Å². The number of halogens is 3. The van der Waals surface area contributed by atoms with Gasteiger partial charge in [-0.05, 0) is 23.3 Å². The zero-order chi connectivity index (χ0) is 12.4. The maximum atomic E-state index is 13.6. The maximum Gasteiger partial charge on any atom is 0.162 e. The van der Waals surface area contributed by atoms with Gasteiger partial charge in [-0.25, -0.2) is 13.2 Å². The molecule has 2 aromatic carbocycles. The highest BCUT2D eigenvalue weighted by Gasteiger charge is 2.18. The Kier molecular flexibility index (Phi) is 3.18. The van der Waals surface area contributed by atoms with Gasteiger partial charge in [-0.15, -0.1) is 0 Å². The lowest BCUT2D eigenvalue weighted by molar-refractivity contribution is 0.494. The summed E-state index contributed by atoms with van der Waals surface area (Å²) in [7, 11) is 0. The second-order valence-electron chi connectivity index (χ2n) is 3.89. The molecule has 0 heterocycles. The quantitative estimate of drug-likeness (QED) is 0.731. The van der Waals surface area contributed by atoms with Gasteiger partial charge in [0.05, 0.1) is 0 Å². The summed E-state index contributed by atoms with van der Waals surface area (Å²) < 4.78 is 40.2. The highest BCUT2D eigenvalue weighted by atomic mass is 19.2. The molecule has 3 heteroatoms. The number of hydrogen-bond donors (Lipinski definition) is 0. The molecule has 0 bridgehead atoms. The van der Waals surface area contributed by atoms with Gasteiger partial charge in [0.25, 0.3) is 0 Å². The molecule has 0 fully saturated rings. The largest absolute Gasteiger partial charge is 0.207 e. The first kappa shape index (κ1) is 11.7. The van der Waals surface area contributed by atoms with Gasteiger partial charge in [0.2, 0.25) is 0 Å². The number of benzene rings is 2. The topological polar surface area (TPSA) is 0 Å². The molecule has 0 saturated carbocycles. The Bertz CT molecular complexity index is 535. The van der Waals surface area contributed by atoms with Gasteiger partial charge in [0, 0.05) is 5.92 Å². The Morgan fingerprint density at radius 2 is 1.35 bits per heavy atom. The standard InChI is InChI=1S/C14H11F3/c1-9(10-5-2-3-7-12(10)15)11-6-4-8-13(16)14(11)17/h2-9H,1H3. The molecule has 0 aromatic heterocycles. The van der Waals surface area contributed by atoms with E-state index in [9.17, 15) is 13.2 Å². The molecule has 0 radical (unpaired) electrons. The fourth-order valence-electron chi connectivity index (χ4n) is 1.85. The summed E-state index contributed by atoms with van der Waals surface area (Å²) in [6, 6.07) is 10.1. The van der Waals surface area contributed by atoms with E-state index >= 15 is 0 Å². The monoisotopic (exact) mass is 236 g/mol. The molecular weight excluding hydrogens is 225 g/mol. The summed E-state index contributed by atoms with van der Waals surface area (Å²) in [5.74, 6) is -2.76. The highest BCUT2D eigenvalue weighted by molar-refractivity contribution is 5.33. The van der Waals surface area contributed by atoms with Crippen LogP contribution in [0, 0.1) is 17.5 Å². The fraction of sp³-hybridized carbons (Fsp3) is 0.143. The summed E-state index contributed by atoms with van der Waals surface area (Å²) in [5.41, 5.74) is 0.520. The lowest BCUT2D eigenvalue weighted by Gasteiger charge is -2.14. The summed E-state index contributed by atoms with van der Waals surface area (Å²) in [4.78, 5) is 0. The average Bonchev–Trinajstić information content (AvgIpc) is 2.32. The summed E-state index contributed by atoms with van der Waals surface area (Å²) in [5, 5.41) is 0. The Morgan fingerprint density at radius 3 is 2.06 bits per heavy atom. The molecule has 1 unspecified atom stereocenters. The third-order valence-electron chi connectivity index (χ3n) is 2.82. The zero-order valence-electron chi connectivity index (χ0n) is 9.25. The van der Waals surface area contributed by atoms with Crippen molar-refractivity contribution in [2.75, 3.05) is 0 Å². The van der Waals surface area contributed by atoms with Crippen molar-refractivity contribution < 1.29 is 13.2 Å². The van der Waals surface area contributed by atoms with Crippen molar-refractivity contribution in [3.63, 3.8) is 0 Å². The van der Waals surface area contributed by atoms with Crippen LogP contribution in [0.25, 0.3) is 0 Å². The van der Waals surface area contributed by atoms with Gasteiger partial charge in [-0.3, -0.25) is 0 Å². The van der Waals surface area contributed by atoms with Crippen LogP contribution in [0.2, 0.25) is 0 Å². The zero-order valence-corrected chi connectivity index (χ0v) is 9.25. The van der Waals surface area contributed by atoms with Gasteiger partial charge >= 0.3 is 0 Å². The normalized spacial score (nSPS) is 12.5. The number of hydrogen-bond acceptors (Lipinski definition) is 0. The third-order valence-corrected chi connectivity index (χ3v) is 2.82. The summed E-state index contributed by atoms with van der Waals surface area (Å²) in [6.45, 7) is 1.65. The van der Waals surface area contributed by atoms with Crippen molar-refractivity contribution in [3.05, 3.63) is 71.0 Å². The van der Waals surface area contributed by atoms with Crippen LogP contribution in [-0.4, -0.2) is 0 Å². The molecule has 0 N–H and O–H groups in total. The molecule has 0 amide bonds. The first-order chi connectivity index (χ1) is 8.11. The van der Waals surface area contributed by atoms with Gasteiger partial charge < -0.3 is 0 Å². The van der Waals surface area contributed by atoms with Crippen LogP contribution in [0.3, 0.4) is 0 Å². The Balaban J connectivity index is 2.48. The van der Waals surface area contributed by atoms with Crippen molar-refractivity contribution in [2.45, 2.75) is 12.8 Å². The van der Waals surface area contributed by atoms with Crippen molar-refractivity contribution in [2.24, 2.45) is 0 Å². The van der Waals surface area contributed by atoms with Crippen LogP contribution in [-0.2, 0) is 0 Å². The van der Waals surface area contributed by atoms with Crippen molar-refractivity contribution >= 4 is 0 Å². The SMILES string of the molecule is CC(c1ccccc1F)c1cccc(F)c1F. The van der Waals surface area contributed by atoms with Gasteiger partial charge in [0.15, 0.2) is 11.6 Å². The molecule has 1 atom stereocenters. The molecule has 2 aromatic rings. The van der Waals surface area contributed by atoms with E-state index in [2.05, 4.69) is 0 Å². The van der Waals surface area contributed by atoms with Crippen molar-refractivity contribution in [1.82, 2.24) is 0 Å². The molecule has 88 valence electrons. The third kappa shape index (κ3) is 2.18. The molecule has 0 nitrogen and oxygen atoms in total. The number of rotatable bonds is 2. The lowest BCUT2D eigenvalue weighted by Crippen LogP contribution is -2.03. The van der Waals surface area contributed by atoms with Crippen LogP contribution < -0.4 is 0 Å². The van der Waals surface area contributed by atoms with Gasteiger partial charge in [0.1, 0.15) is 5.82 Å². The van der Waals surface area contributed by atoms with E-state index in [-0.39, 0.29) is 5.56 Å². The molecule has 2 rings (SSSR count). The van der Waals surface area contributed by atoms with Gasteiger partial charge in [-0.2, -0.15) is 0 Å². The van der Waals surface area contributed by atoms with E-state index in [1.54, 1.807) is 25.1 Å². The van der Waals surface area contributed by atoms with E-state index in [0.29, 0.717) is 5.56 Å². The Labute approximate surface area is 97.7 Å². The Morgan fingerprint density at radius 1 is 0.765 bits per heavy atom. The van der Waals surface area contributed by atoms with E-state index in [4.69, 9.17) is 0 Å². The molecular formula is C14H11F3. The van der Waals surface area contributed by atoms with Crippen LogP contribution in [0.4, 0.5) is 13.2 Å². The van der Waals surface area contributed by atoms with E-state index in [1.807, 2.05) is 0 Å². The predicted octanol–water partition coefficient (Wildman–Crippen LogP) is 4.26.